The van der Waals surface area contributed by atoms with Crippen LogP contribution in [0.2, 0.25) is 5.02 Å². The maximum atomic E-state index is 12.5. The van der Waals surface area contributed by atoms with Crippen molar-refractivity contribution in [2.24, 2.45) is 0 Å². The maximum absolute atomic E-state index is 12.5. The Hall–Kier alpha value is -1.48. The second-order valence-corrected chi connectivity index (χ2v) is 9.19. The zero-order chi connectivity index (χ0) is 18.7. The van der Waals surface area contributed by atoms with Gasteiger partial charge in [0, 0.05) is 17.6 Å². The van der Waals surface area contributed by atoms with Crippen LogP contribution in [0.3, 0.4) is 0 Å². The molecule has 1 aliphatic heterocycles. The molecule has 9 heteroatoms. The zero-order valence-corrected chi connectivity index (χ0v) is 16.6. The van der Waals surface area contributed by atoms with Gasteiger partial charge in [-0.1, -0.05) is 35.9 Å². The maximum Gasteiger partial charge on any atom is 0.216 e. The first-order valence-electron chi connectivity index (χ1n) is 8.69. The predicted octanol–water partition coefficient (Wildman–Crippen LogP) is 1.84. The SMILES string of the molecule is CCCN(C)C1CN(Cc2cn(Cc3cccc(Cl)c3)nn2)S(=O)(=O)C1. The summed E-state index contributed by atoms with van der Waals surface area (Å²) in [6.45, 7) is 4.29. The Labute approximate surface area is 159 Å². The average Bonchev–Trinajstić information content (AvgIpc) is 3.12. The molecule has 1 saturated heterocycles. The highest BCUT2D eigenvalue weighted by Gasteiger charge is 2.38. The highest BCUT2D eigenvalue weighted by molar-refractivity contribution is 7.89. The molecule has 0 bridgehead atoms. The van der Waals surface area contributed by atoms with Crippen molar-refractivity contribution >= 4 is 21.6 Å². The molecular formula is C17H24ClN5O2S. The minimum Gasteiger partial charge on any atom is -0.301 e. The van der Waals surface area contributed by atoms with E-state index in [1.54, 1.807) is 10.9 Å². The molecule has 0 saturated carbocycles. The third kappa shape index (κ3) is 4.62. The summed E-state index contributed by atoms with van der Waals surface area (Å²) in [5.74, 6) is 0.167. The Bertz CT molecular complexity index is 854. The summed E-state index contributed by atoms with van der Waals surface area (Å²) in [6.07, 6.45) is 2.80. The van der Waals surface area contributed by atoms with Crippen molar-refractivity contribution in [2.75, 3.05) is 25.9 Å². The van der Waals surface area contributed by atoms with Crippen LogP contribution < -0.4 is 0 Å². The third-order valence-corrected chi connectivity index (χ3v) is 6.67. The van der Waals surface area contributed by atoms with Crippen molar-refractivity contribution in [3.8, 4) is 0 Å². The van der Waals surface area contributed by atoms with Crippen LogP contribution in [0.1, 0.15) is 24.6 Å². The fourth-order valence-electron chi connectivity index (χ4n) is 3.21. The molecule has 0 radical (unpaired) electrons. The largest absolute Gasteiger partial charge is 0.301 e. The number of aromatic nitrogens is 3. The van der Waals surface area contributed by atoms with Crippen LogP contribution in [0.4, 0.5) is 0 Å². The number of likely N-dealkylation sites (N-methyl/N-ethyl adjacent to an activating group) is 1. The molecule has 2 aromatic rings. The van der Waals surface area contributed by atoms with Crippen molar-refractivity contribution in [1.29, 1.82) is 0 Å². The van der Waals surface area contributed by atoms with E-state index in [1.165, 1.54) is 4.31 Å². The molecule has 3 rings (SSSR count). The quantitative estimate of drug-likeness (QED) is 0.712. The summed E-state index contributed by atoms with van der Waals surface area (Å²) >= 11 is 6.00. The van der Waals surface area contributed by atoms with Crippen molar-refractivity contribution in [1.82, 2.24) is 24.2 Å². The highest BCUT2D eigenvalue weighted by Crippen LogP contribution is 2.20. The van der Waals surface area contributed by atoms with E-state index in [2.05, 4.69) is 22.1 Å². The van der Waals surface area contributed by atoms with E-state index in [9.17, 15) is 8.42 Å². The molecule has 1 unspecified atom stereocenters. The Morgan fingerprint density at radius 3 is 2.88 bits per heavy atom. The van der Waals surface area contributed by atoms with Crippen LogP contribution in [-0.4, -0.2) is 64.5 Å². The minimum atomic E-state index is -3.26. The normalized spacial score (nSPS) is 20.1. The molecule has 2 heterocycles. The first-order chi connectivity index (χ1) is 12.4. The molecule has 1 aromatic carbocycles. The molecule has 0 aliphatic carbocycles. The highest BCUT2D eigenvalue weighted by atomic mass is 35.5. The summed E-state index contributed by atoms with van der Waals surface area (Å²) < 4.78 is 28.1. The third-order valence-electron chi connectivity index (χ3n) is 4.57. The average molecular weight is 398 g/mol. The summed E-state index contributed by atoms with van der Waals surface area (Å²) in [5, 5.41) is 8.91. The predicted molar refractivity (Wildman–Crippen MR) is 101 cm³/mol. The van der Waals surface area contributed by atoms with Crippen molar-refractivity contribution in [2.45, 2.75) is 32.5 Å². The minimum absolute atomic E-state index is 0.0291. The van der Waals surface area contributed by atoms with E-state index < -0.39 is 10.0 Å². The second kappa shape index (κ2) is 8.04. The number of hydrogen-bond donors (Lipinski definition) is 0. The molecule has 1 aliphatic rings. The van der Waals surface area contributed by atoms with Crippen LogP contribution in [-0.2, 0) is 23.1 Å². The molecular weight excluding hydrogens is 374 g/mol. The van der Waals surface area contributed by atoms with Crippen molar-refractivity contribution < 1.29 is 8.42 Å². The lowest BCUT2D eigenvalue weighted by Crippen LogP contribution is -2.36. The molecule has 0 spiro atoms. The van der Waals surface area contributed by atoms with Gasteiger partial charge in [0.2, 0.25) is 10.0 Å². The summed E-state index contributed by atoms with van der Waals surface area (Å²) in [5.41, 5.74) is 1.67. The lowest BCUT2D eigenvalue weighted by molar-refractivity contribution is 0.241. The van der Waals surface area contributed by atoms with E-state index in [-0.39, 0.29) is 18.3 Å². The molecule has 1 aromatic heterocycles. The van der Waals surface area contributed by atoms with Gasteiger partial charge in [-0.25, -0.2) is 13.1 Å². The van der Waals surface area contributed by atoms with E-state index in [1.807, 2.05) is 31.3 Å². The molecule has 0 amide bonds. The Morgan fingerprint density at radius 2 is 2.15 bits per heavy atom. The van der Waals surface area contributed by atoms with Gasteiger partial charge in [-0.15, -0.1) is 5.10 Å². The Kier molecular flexibility index (Phi) is 5.96. The monoisotopic (exact) mass is 397 g/mol. The van der Waals surface area contributed by atoms with Gasteiger partial charge in [-0.2, -0.15) is 4.31 Å². The molecule has 142 valence electrons. The van der Waals surface area contributed by atoms with E-state index >= 15 is 0 Å². The van der Waals surface area contributed by atoms with Crippen LogP contribution >= 0.6 is 11.6 Å². The van der Waals surface area contributed by atoms with Gasteiger partial charge < -0.3 is 4.90 Å². The molecule has 1 fully saturated rings. The molecule has 0 N–H and O–H groups in total. The van der Waals surface area contributed by atoms with E-state index in [4.69, 9.17) is 11.6 Å². The lowest BCUT2D eigenvalue weighted by Gasteiger charge is -2.22. The number of nitrogens with zero attached hydrogens (tertiary/aromatic N) is 5. The van der Waals surface area contributed by atoms with Gasteiger partial charge in [0.25, 0.3) is 0 Å². The van der Waals surface area contributed by atoms with Gasteiger partial charge in [0.15, 0.2) is 0 Å². The van der Waals surface area contributed by atoms with Crippen LogP contribution in [0.25, 0.3) is 0 Å². The summed E-state index contributed by atoms with van der Waals surface area (Å²) in [7, 11) is -1.28. The summed E-state index contributed by atoms with van der Waals surface area (Å²) in [6, 6.07) is 7.58. The van der Waals surface area contributed by atoms with Crippen molar-refractivity contribution in [3.05, 3.63) is 46.7 Å². The lowest BCUT2D eigenvalue weighted by atomic mass is 10.2. The molecule has 7 nitrogen and oxygen atoms in total. The van der Waals surface area contributed by atoms with Crippen LogP contribution in [0.15, 0.2) is 30.5 Å². The van der Waals surface area contributed by atoms with E-state index in [0.717, 1.165) is 18.5 Å². The van der Waals surface area contributed by atoms with Gasteiger partial charge in [0.1, 0.15) is 0 Å². The molecule has 26 heavy (non-hydrogen) atoms. The number of rotatable bonds is 7. The standard InChI is InChI=1S/C17H24ClN5O2S/c1-3-7-21(2)17-12-23(26(24,25)13-17)11-16-10-22(20-19-16)9-14-5-4-6-15(18)8-14/h4-6,8,10,17H,3,7,9,11-13H2,1-2H3. The van der Waals surface area contributed by atoms with Gasteiger partial charge in [0.05, 0.1) is 30.7 Å². The molecule has 1 atom stereocenters. The van der Waals surface area contributed by atoms with Gasteiger partial charge >= 0.3 is 0 Å². The first-order valence-corrected chi connectivity index (χ1v) is 10.7. The number of sulfonamides is 1. The smallest absolute Gasteiger partial charge is 0.216 e. The fraction of sp³-hybridized carbons (Fsp3) is 0.529. The number of halogens is 1. The van der Waals surface area contributed by atoms with E-state index in [0.29, 0.717) is 23.8 Å². The first kappa shape index (κ1) is 19.3. The van der Waals surface area contributed by atoms with Crippen LogP contribution in [0.5, 0.6) is 0 Å². The summed E-state index contributed by atoms with van der Waals surface area (Å²) in [4.78, 5) is 2.12. The Balaban J connectivity index is 1.65. The number of hydrogen-bond acceptors (Lipinski definition) is 5. The second-order valence-electron chi connectivity index (χ2n) is 6.74. The van der Waals surface area contributed by atoms with Crippen molar-refractivity contribution in [3.63, 3.8) is 0 Å². The Morgan fingerprint density at radius 1 is 1.35 bits per heavy atom. The van der Waals surface area contributed by atoms with Gasteiger partial charge in [-0.3, -0.25) is 0 Å². The zero-order valence-electron chi connectivity index (χ0n) is 15.0. The topological polar surface area (TPSA) is 71.3 Å². The number of benzene rings is 1. The fourth-order valence-corrected chi connectivity index (χ4v) is 5.20. The van der Waals surface area contributed by atoms with Crippen LogP contribution in [0, 0.1) is 0 Å². The van der Waals surface area contributed by atoms with Gasteiger partial charge in [-0.05, 0) is 37.7 Å².